The zero-order chi connectivity index (χ0) is 13.2. The summed E-state index contributed by atoms with van der Waals surface area (Å²) in [7, 11) is -0.544. The highest BCUT2D eigenvalue weighted by Gasteiger charge is 2.39. The van der Waals surface area contributed by atoms with Gasteiger partial charge >= 0.3 is 0 Å². The highest BCUT2D eigenvalue weighted by molar-refractivity contribution is 7.98. The molecule has 0 bridgehead atoms. The van der Waals surface area contributed by atoms with Crippen LogP contribution >= 0.6 is 12.2 Å². The zero-order valence-corrected chi connectivity index (χ0v) is 12.6. The van der Waals surface area contributed by atoms with Gasteiger partial charge in [0.15, 0.2) is 10.9 Å². The van der Waals surface area contributed by atoms with Gasteiger partial charge in [-0.15, -0.1) is 0 Å². The van der Waals surface area contributed by atoms with Crippen LogP contribution in [0.2, 0.25) is 0 Å². The molecule has 2 atom stereocenters. The van der Waals surface area contributed by atoms with Gasteiger partial charge in [0.1, 0.15) is 5.75 Å². The van der Waals surface area contributed by atoms with Gasteiger partial charge in [0.2, 0.25) is 10.2 Å². The minimum absolute atomic E-state index is 0.0704. The van der Waals surface area contributed by atoms with Gasteiger partial charge < -0.3 is 10.2 Å². The van der Waals surface area contributed by atoms with Crippen molar-refractivity contribution in [2.75, 3.05) is 18.6 Å². The van der Waals surface area contributed by atoms with Crippen LogP contribution in [0.15, 0.2) is 0 Å². The molecule has 4 nitrogen and oxygen atoms in total. The molecule has 0 aromatic carbocycles. The van der Waals surface area contributed by atoms with Gasteiger partial charge in [-0.1, -0.05) is 23.5 Å². The zero-order valence-electron chi connectivity index (χ0n) is 10.9. The van der Waals surface area contributed by atoms with E-state index in [9.17, 15) is 8.76 Å². The largest absolute Gasteiger partial charge is 0.355 e. The molecule has 18 heavy (non-hydrogen) atoms. The van der Waals surface area contributed by atoms with E-state index in [0.717, 1.165) is 11.5 Å². The van der Waals surface area contributed by atoms with Crippen molar-refractivity contribution in [3.63, 3.8) is 0 Å². The Labute approximate surface area is 116 Å². The molecule has 6 heteroatoms. The van der Waals surface area contributed by atoms with E-state index in [1.807, 2.05) is 7.05 Å². The van der Waals surface area contributed by atoms with E-state index in [-0.39, 0.29) is 6.04 Å². The van der Waals surface area contributed by atoms with Gasteiger partial charge in [0, 0.05) is 19.5 Å². The molecule has 2 rings (SSSR count). The first-order chi connectivity index (χ1) is 8.48. The maximum atomic E-state index is 11.5. The molecule has 2 fully saturated rings. The van der Waals surface area contributed by atoms with E-state index in [1.165, 1.54) is 32.1 Å². The molecule has 1 heterocycles. The Hall–Kier alpha value is -0.200. The van der Waals surface area contributed by atoms with Crippen LogP contribution < -0.4 is 5.32 Å². The van der Waals surface area contributed by atoms with Crippen molar-refractivity contribution < 1.29 is 8.76 Å². The molecule has 0 spiro atoms. The van der Waals surface area contributed by atoms with Crippen molar-refractivity contribution in [2.24, 2.45) is 0 Å². The van der Waals surface area contributed by atoms with Crippen LogP contribution in [0, 0.1) is 0 Å². The van der Waals surface area contributed by atoms with Crippen molar-refractivity contribution in [3.05, 3.63) is 0 Å². The van der Waals surface area contributed by atoms with Gasteiger partial charge in [-0.3, -0.25) is 0 Å². The quantitative estimate of drug-likeness (QED) is 0.601. The average Bonchev–Trinajstić information content (AvgIpc) is 2.68. The highest BCUT2D eigenvalue weighted by Crippen LogP contribution is 2.22. The van der Waals surface area contributed by atoms with Crippen molar-refractivity contribution in [1.29, 1.82) is 0 Å². The second kappa shape index (κ2) is 5.84. The standard InChI is InChI=1S/C12H22N2O2S2/c1-14(11-5-3-2-4-6-11)12(17)13-10-7-8-18(15,16)9-10/h10-11H,2-9H2,1H3,(H-,13,15,16,17)/p+1/t10-/m0/s1. The minimum Gasteiger partial charge on any atom is -0.355 e. The summed E-state index contributed by atoms with van der Waals surface area (Å²) in [6.07, 6.45) is 7.06. The minimum atomic E-state index is -2.58. The third-order valence-electron chi connectivity index (χ3n) is 4.02. The van der Waals surface area contributed by atoms with E-state index >= 15 is 0 Å². The van der Waals surface area contributed by atoms with Crippen LogP contribution in [-0.4, -0.2) is 45.2 Å². The van der Waals surface area contributed by atoms with Gasteiger partial charge in [0.25, 0.3) is 0 Å². The fraction of sp³-hybridized carbons (Fsp3) is 0.917. The van der Waals surface area contributed by atoms with E-state index in [0.29, 0.717) is 17.5 Å². The summed E-state index contributed by atoms with van der Waals surface area (Å²) >= 11 is 5.41. The third-order valence-corrected chi connectivity index (χ3v) is 6.22. The maximum Gasteiger partial charge on any atom is 0.216 e. The average molecular weight is 291 g/mol. The van der Waals surface area contributed by atoms with E-state index in [2.05, 4.69) is 10.2 Å². The Balaban J connectivity index is 1.82. The Morgan fingerprint density at radius 1 is 1.33 bits per heavy atom. The van der Waals surface area contributed by atoms with E-state index in [1.54, 1.807) is 0 Å². The number of hydrogen-bond acceptors (Lipinski definition) is 2. The lowest BCUT2D eigenvalue weighted by atomic mass is 9.95. The molecule has 0 aromatic rings. The van der Waals surface area contributed by atoms with Crippen LogP contribution in [-0.2, 0) is 14.4 Å². The molecular formula is C12H23N2O2S2+. The molecule has 1 aliphatic carbocycles. The number of nitrogens with one attached hydrogen (secondary N) is 1. The van der Waals surface area contributed by atoms with E-state index < -0.39 is 10.2 Å². The SMILES string of the molecule is CN(C(=S)N[C@H]1CC[S+](=O)(O)C1)C1CCCCC1. The lowest BCUT2D eigenvalue weighted by Gasteiger charge is -2.33. The number of rotatable bonds is 2. The van der Waals surface area contributed by atoms with Crippen molar-refractivity contribution in [2.45, 2.75) is 50.6 Å². The van der Waals surface area contributed by atoms with Crippen molar-refractivity contribution in [1.82, 2.24) is 10.2 Å². The van der Waals surface area contributed by atoms with Crippen molar-refractivity contribution >= 4 is 27.5 Å². The Kier molecular flexibility index (Phi) is 4.61. The topological polar surface area (TPSA) is 52.6 Å². The molecule has 1 unspecified atom stereocenters. The van der Waals surface area contributed by atoms with Crippen LogP contribution in [0.5, 0.6) is 0 Å². The van der Waals surface area contributed by atoms with Crippen LogP contribution in [0.3, 0.4) is 0 Å². The fourth-order valence-corrected chi connectivity index (χ4v) is 4.85. The van der Waals surface area contributed by atoms with Crippen LogP contribution in [0.4, 0.5) is 0 Å². The van der Waals surface area contributed by atoms with Crippen LogP contribution in [0.1, 0.15) is 38.5 Å². The highest BCUT2D eigenvalue weighted by atomic mass is 32.3. The molecule has 1 saturated heterocycles. The third kappa shape index (κ3) is 3.65. The van der Waals surface area contributed by atoms with E-state index in [4.69, 9.17) is 12.2 Å². The predicted octanol–water partition coefficient (Wildman–Crippen LogP) is 1.87. The second-order valence-corrected chi connectivity index (χ2v) is 8.15. The van der Waals surface area contributed by atoms with Crippen LogP contribution in [0.25, 0.3) is 0 Å². The Morgan fingerprint density at radius 3 is 2.56 bits per heavy atom. The summed E-state index contributed by atoms with van der Waals surface area (Å²) in [5.74, 6) is 0.742. The van der Waals surface area contributed by atoms with Gasteiger partial charge in [-0.05, 0) is 25.1 Å². The summed E-state index contributed by atoms with van der Waals surface area (Å²) in [6.45, 7) is 0. The lowest BCUT2D eigenvalue weighted by molar-refractivity contribution is 0.274. The molecule has 0 amide bonds. The predicted molar refractivity (Wildman–Crippen MR) is 79.2 cm³/mol. The first kappa shape index (κ1) is 14.2. The molecule has 0 radical (unpaired) electrons. The molecule has 1 saturated carbocycles. The monoisotopic (exact) mass is 291 g/mol. The Morgan fingerprint density at radius 2 is 2.00 bits per heavy atom. The van der Waals surface area contributed by atoms with Gasteiger partial charge in [-0.25, -0.2) is 0 Å². The van der Waals surface area contributed by atoms with Gasteiger partial charge in [0.05, 0.1) is 6.04 Å². The summed E-state index contributed by atoms with van der Waals surface area (Å²) in [5.41, 5.74) is 0. The normalized spacial score (nSPS) is 33.3. The van der Waals surface area contributed by atoms with Crippen molar-refractivity contribution in [3.8, 4) is 0 Å². The fourth-order valence-electron chi connectivity index (χ4n) is 2.83. The van der Waals surface area contributed by atoms with Gasteiger partial charge in [-0.2, -0.15) is 4.55 Å². The second-order valence-electron chi connectivity index (χ2n) is 5.48. The summed E-state index contributed by atoms with van der Waals surface area (Å²) in [5, 5.41) is 3.99. The number of hydrogen-bond donors (Lipinski definition) is 2. The molecule has 104 valence electrons. The first-order valence-corrected chi connectivity index (χ1v) is 8.99. The summed E-state index contributed by atoms with van der Waals surface area (Å²) in [6, 6.07) is 0.611. The maximum absolute atomic E-state index is 11.5. The summed E-state index contributed by atoms with van der Waals surface area (Å²) in [4.78, 5) is 2.14. The number of thiocarbonyl (C=S) groups is 1. The smallest absolute Gasteiger partial charge is 0.216 e. The molecule has 2 aliphatic rings. The molecule has 0 aromatic heterocycles. The lowest BCUT2D eigenvalue weighted by Crippen LogP contribution is -2.48. The molecular weight excluding hydrogens is 268 g/mol. The summed E-state index contributed by atoms with van der Waals surface area (Å²) < 4.78 is 21.0. The molecule has 1 aliphatic heterocycles. The Bertz CT molecular complexity index is 356. The number of nitrogens with zero attached hydrogens (tertiary/aromatic N) is 1. The molecule has 2 N–H and O–H groups in total. The first-order valence-electron chi connectivity index (χ1n) is 6.73.